The summed E-state index contributed by atoms with van der Waals surface area (Å²) in [7, 11) is 1.56. The van der Waals surface area contributed by atoms with E-state index >= 15 is 0 Å². The zero-order valence-corrected chi connectivity index (χ0v) is 16.7. The molecule has 0 fully saturated rings. The normalized spacial score (nSPS) is 10.8. The fourth-order valence-electron chi connectivity index (χ4n) is 2.91. The average molecular weight is 396 g/mol. The zero-order valence-electron chi connectivity index (χ0n) is 16.7. The van der Waals surface area contributed by atoms with Crippen LogP contribution < -0.4 is 10.1 Å². The van der Waals surface area contributed by atoms with Gasteiger partial charge in [0.25, 0.3) is 5.91 Å². The summed E-state index contributed by atoms with van der Waals surface area (Å²) in [6.07, 6.45) is 1.52. The fourth-order valence-corrected chi connectivity index (χ4v) is 2.91. The largest absolute Gasteiger partial charge is 0.497 e. The van der Waals surface area contributed by atoms with Gasteiger partial charge in [0.1, 0.15) is 17.4 Å². The second kappa shape index (κ2) is 9.35. The zero-order chi connectivity index (χ0) is 21.5. The molecule has 1 N–H and O–H groups in total. The van der Waals surface area contributed by atoms with E-state index in [1.54, 1.807) is 73.8 Å². The molecule has 3 rings (SSSR count). The Balaban J connectivity index is 1.80. The maximum Gasteiger partial charge on any atom is 0.255 e. The predicted octanol–water partition coefficient (Wildman–Crippen LogP) is 5.05. The monoisotopic (exact) mass is 396 g/mol. The third-order valence-corrected chi connectivity index (χ3v) is 4.45. The van der Waals surface area contributed by atoms with Crippen LogP contribution in [0, 0.1) is 18.3 Å². The van der Waals surface area contributed by atoms with E-state index in [1.165, 1.54) is 6.08 Å². The minimum Gasteiger partial charge on any atom is -0.497 e. The van der Waals surface area contributed by atoms with Crippen LogP contribution in [0.15, 0.2) is 78.4 Å². The van der Waals surface area contributed by atoms with Crippen molar-refractivity contribution in [1.29, 1.82) is 5.26 Å². The van der Waals surface area contributed by atoms with Gasteiger partial charge in [0.15, 0.2) is 0 Å². The molecule has 0 spiro atoms. The van der Waals surface area contributed by atoms with Crippen LogP contribution >= 0.6 is 0 Å². The molecule has 0 aliphatic rings. The molecule has 0 aromatic heterocycles. The van der Waals surface area contributed by atoms with Gasteiger partial charge in [-0.2, -0.15) is 5.26 Å². The summed E-state index contributed by atoms with van der Waals surface area (Å²) in [6.45, 7) is 1.89. The molecular formula is C25H20N2O3. The number of Topliss-reactive ketones (excluding diaryl/α,β-unsaturated/α-hetero) is 1. The second-order valence-corrected chi connectivity index (χ2v) is 6.68. The number of hydrogen-bond acceptors (Lipinski definition) is 4. The van der Waals surface area contributed by atoms with Gasteiger partial charge >= 0.3 is 0 Å². The number of benzene rings is 3. The maximum absolute atomic E-state index is 12.7. The first-order valence-electron chi connectivity index (χ1n) is 9.29. The molecule has 0 heterocycles. The van der Waals surface area contributed by atoms with Crippen LogP contribution in [0.4, 0.5) is 5.69 Å². The lowest BCUT2D eigenvalue weighted by atomic mass is 10.0. The molecule has 3 aromatic rings. The molecule has 3 aromatic carbocycles. The van der Waals surface area contributed by atoms with E-state index in [9.17, 15) is 14.9 Å². The number of anilines is 1. The summed E-state index contributed by atoms with van der Waals surface area (Å²) in [4.78, 5) is 25.1. The van der Waals surface area contributed by atoms with Gasteiger partial charge in [0, 0.05) is 16.8 Å². The SMILES string of the molecule is COc1ccc(C(=O)Nc2cccc(/C=C(\C#N)C(=O)c3cccc(C)c3)c2)cc1. The summed E-state index contributed by atoms with van der Waals surface area (Å²) in [6, 6.07) is 22.8. The smallest absolute Gasteiger partial charge is 0.255 e. The van der Waals surface area contributed by atoms with Crippen molar-refractivity contribution in [2.45, 2.75) is 6.92 Å². The highest BCUT2D eigenvalue weighted by atomic mass is 16.5. The van der Waals surface area contributed by atoms with Crippen LogP contribution in [-0.4, -0.2) is 18.8 Å². The molecule has 0 aliphatic heterocycles. The molecule has 0 saturated heterocycles. The number of carbonyl (C=O) groups excluding carboxylic acids is 2. The molecule has 30 heavy (non-hydrogen) atoms. The number of nitriles is 1. The number of rotatable bonds is 6. The third-order valence-electron chi connectivity index (χ3n) is 4.45. The lowest BCUT2D eigenvalue weighted by molar-refractivity contribution is 0.102. The predicted molar refractivity (Wildman–Crippen MR) is 116 cm³/mol. The Morgan fingerprint density at radius 2 is 1.70 bits per heavy atom. The van der Waals surface area contributed by atoms with E-state index in [1.807, 2.05) is 19.1 Å². The number of allylic oxidation sites excluding steroid dienone is 1. The number of aryl methyl sites for hydroxylation is 1. The first-order valence-corrected chi connectivity index (χ1v) is 9.29. The summed E-state index contributed by atoms with van der Waals surface area (Å²) in [5.41, 5.74) is 3.13. The van der Waals surface area contributed by atoms with Gasteiger partial charge in [-0.3, -0.25) is 9.59 Å². The van der Waals surface area contributed by atoms with Crippen molar-refractivity contribution in [2.75, 3.05) is 12.4 Å². The number of nitrogens with one attached hydrogen (secondary N) is 1. The van der Waals surface area contributed by atoms with Crippen LogP contribution in [-0.2, 0) is 0 Å². The van der Waals surface area contributed by atoms with Crippen molar-refractivity contribution >= 4 is 23.5 Å². The minimum absolute atomic E-state index is 0.0271. The fraction of sp³-hybridized carbons (Fsp3) is 0.0800. The number of nitrogens with zero attached hydrogens (tertiary/aromatic N) is 1. The Kier molecular flexibility index (Phi) is 6.41. The van der Waals surface area contributed by atoms with E-state index in [0.29, 0.717) is 28.1 Å². The molecule has 5 nitrogen and oxygen atoms in total. The van der Waals surface area contributed by atoms with Crippen LogP contribution in [0.2, 0.25) is 0 Å². The highest BCUT2D eigenvalue weighted by Crippen LogP contribution is 2.18. The van der Waals surface area contributed by atoms with Crippen molar-refractivity contribution in [2.24, 2.45) is 0 Å². The minimum atomic E-state index is -0.339. The first kappa shape index (κ1) is 20.6. The van der Waals surface area contributed by atoms with E-state index in [4.69, 9.17) is 4.74 Å². The molecule has 1 amide bonds. The van der Waals surface area contributed by atoms with E-state index in [2.05, 4.69) is 5.32 Å². The summed E-state index contributed by atoms with van der Waals surface area (Å²) < 4.78 is 5.10. The Morgan fingerprint density at radius 3 is 2.37 bits per heavy atom. The number of hydrogen-bond donors (Lipinski definition) is 1. The van der Waals surface area contributed by atoms with E-state index < -0.39 is 0 Å². The lowest BCUT2D eigenvalue weighted by Gasteiger charge is -2.07. The summed E-state index contributed by atoms with van der Waals surface area (Å²) in [5, 5.41) is 12.3. The summed E-state index contributed by atoms with van der Waals surface area (Å²) >= 11 is 0. The van der Waals surface area contributed by atoms with Crippen molar-refractivity contribution < 1.29 is 14.3 Å². The van der Waals surface area contributed by atoms with Gasteiger partial charge in [-0.1, -0.05) is 35.9 Å². The van der Waals surface area contributed by atoms with Gasteiger partial charge in [0.05, 0.1) is 7.11 Å². The number of ketones is 1. The molecule has 0 saturated carbocycles. The Morgan fingerprint density at radius 1 is 0.967 bits per heavy atom. The van der Waals surface area contributed by atoms with Gasteiger partial charge in [0.2, 0.25) is 5.78 Å². The highest BCUT2D eigenvalue weighted by Gasteiger charge is 2.13. The van der Waals surface area contributed by atoms with E-state index in [-0.39, 0.29) is 17.3 Å². The van der Waals surface area contributed by atoms with Gasteiger partial charge in [-0.15, -0.1) is 0 Å². The van der Waals surface area contributed by atoms with E-state index in [0.717, 1.165) is 5.56 Å². The maximum atomic E-state index is 12.7. The number of methoxy groups -OCH3 is 1. The van der Waals surface area contributed by atoms with Crippen molar-refractivity contribution in [1.82, 2.24) is 0 Å². The van der Waals surface area contributed by atoms with Gasteiger partial charge in [-0.25, -0.2) is 0 Å². The third kappa shape index (κ3) is 5.00. The molecule has 0 bridgehead atoms. The molecular weight excluding hydrogens is 376 g/mol. The number of ether oxygens (including phenoxy) is 1. The molecule has 5 heteroatoms. The lowest BCUT2D eigenvalue weighted by Crippen LogP contribution is -2.11. The topological polar surface area (TPSA) is 79.2 Å². The van der Waals surface area contributed by atoms with Crippen molar-refractivity contribution in [3.05, 3.63) is 101 Å². The standard InChI is InChI=1S/C25H20N2O3/c1-17-5-3-7-20(13-17)24(28)21(16-26)14-18-6-4-8-22(15-18)27-25(29)19-9-11-23(30-2)12-10-19/h3-15H,1-2H3,(H,27,29)/b21-14+. The second-order valence-electron chi connectivity index (χ2n) is 6.68. The van der Waals surface area contributed by atoms with Crippen molar-refractivity contribution in [3.8, 4) is 11.8 Å². The molecule has 0 atom stereocenters. The van der Waals surface area contributed by atoms with Crippen LogP contribution in [0.1, 0.15) is 31.8 Å². The summed E-state index contributed by atoms with van der Waals surface area (Å²) in [5.74, 6) is 0.0602. The highest BCUT2D eigenvalue weighted by molar-refractivity contribution is 6.14. The first-order chi connectivity index (χ1) is 14.5. The Labute approximate surface area is 175 Å². The Bertz CT molecular complexity index is 1160. The van der Waals surface area contributed by atoms with Crippen molar-refractivity contribution in [3.63, 3.8) is 0 Å². The van der Waals surface area contributed by atoms with Crippen LogP contribution in [0.3, 0.4) is 0 Å². The van der Waals surface area contributed by atoms with Crippen LogP contribution in [0.25, 0.3) is 6.08 Å². The average Bonchev–Trinajstić information content (AvgIpc) is 2.77. The molecule has 0 unspecified atom stereocenters. The van der Waals surface area contributed by atoms with Gasteiger partial charge in [-0.05, 0) is 61.0 Å². The quantitative estimate of drug-likeness (QED) is 0.359. The molecule has 148 valence electrons. The van der Waals surface area contributed by atoms with Gasteiger partial charge < -0.3 is 10.1 Å². The van der Waals surface area contributed by atoms with Crippen LogP contribution in [0.5, 0.6) is 5.75 Å². The number of amides is 1. The molecule has 0 aliphatic carbocycles. The Hall–Kier alpha value is -4.17. The number of carbonyl (C=O) groups is 2. The molecule has 0 radical (unpaired) electrons.